The average molecular weight is 343 g/mol. The van der Waals surface area contributed by atoms with Crippen molar-refractivity contribution < 1.29 is 4.79 Å². The first-order valence-corrected chi connectivity index (χ1v) is 7.34. The maximum absolute atomic E-state index is 12.1. The summed E-state index contributed by atoms with van der Waals surface area (Å²) in [4.78, 5) is 12.1. The van der Waals surface area contributed by atoms with Crippen LogP contribution < -0.4 is 5.32 Å². The number of halogens is 1. The highest BCUT2D eigenvalue weighted by Crippen LogP contribution is 2.27. The number of hydrogen-bond acceptors (Lipinski definition) is 2. The highest BCUT2D eigenvalue weighted by Gasteiger charge is 2.10. The van der Waals surface area contributed by atoms with Crippen LogP contribution in [0.25, 0.3) is 0 Å². The third-order valence-corrected chi connectivity index (χ3v) is 3.77. The molecule has 0 atom stereocenters. The van der Waals surface area contributed by atoms with Gasteiger partial charge in [0, 0.05) is 4.47 Å². The summed E-state index contributed by atoms with van der Waals surface area (Å²) in [6.45, 7) is 3.98. The van der Waals surface area contributed by atoms with Crippen molar-refractivity contribution in [2.24, 2.45) is 0 Å². The number of anilines is 1. The molecule has 0 aliphatic rings. The van der Waals surface area contributed by atoms with Crippen LogP contribution >= 0.6 is 15.9 Å². The second-order valence-corrected chi connectivity index (χ2v) is 5.83. The second kappa shape index (κ2) is 6.55. The van der Waals surface area contributed by atoms with Gasteiger partial charge < -0.3 is 5.32 Å². The van der Waals surface area contributed by atoms with Gasteiger partial charge >= 0.3 is 0 Å². The van der Waals surface area contributed by atoms with Crippen LogP contribution in [0.15, 0.2) is 40.9 Å². The van der Waals surface area contributed by atoms with Crippen molar-refractivity contribution in [2.45, 2.75) is 20.3 Å². The van der Waals surface area contributed by atoms with Gasteiger partial charge in [0.2, 0.25) is 5.91 Å². The van der Waals surface area contributed by atoms with E-state index in [1.54, 1.807) is 24.3 Å². The zero-order valence-corrected chi connectivity index (χ0v) is 13.5. The van der Waals surface area contributed by atoms with E-state index in [1.807, 2.05) is 26.0 Å². The lowest BCUT2D eigenvalue weighted by Gasteiger charge is -2.12. The molecule has 0 radical (unpaired) electrons. The van der Waals surface area contributed by atoms with E-state index in [0.717, 1.165) is 26.9 Å². The molecule has 0 aliphatic heterocycles. The number of benzene rings is 2. The first kappa shape index (κ1) is 15.3. The van der Waals surface area contributed by atoms with Crippen LogP contribution in [0, 0.1) is 25.2 Å². The van der Waals surface area contributed by atoms with Crippen LogP contribution in [0.2, 0.25) is 0 Å². The van der Waals surface area contributed by atoms with Crippen LogP contribution in [0.3, 0.4) is 0 Å². The molecule has 1 amide bonds. The molecule has 2 aromatic rings. The van der Waals surface area contributed by atoms with Gasteiger partial charge in [0.05, 0.1) is 23.7 Å². The molecular weight excluding hydrogens is 328 g/mol. The lowest BCUT2D eigenvalue weighted by atomic mass is 10.1. The Morgan fingerprint density at radius 3 is 2.48 bits per heavy atom. The highest BCUT2D eigenvalue weighted by atomic mass is 79.9. The van der Waals surface area contributed by atoms with Crippen molar-refractivity contribution in [3.63, 3.8) is 0 Å². The molecule has 2 rings (SSSR count). The maximum atomic E-state index is 12.1. The molecule has 21 heavy (non-hydrogen) atoms. The Kier molecular flexibility index (Phi) is 4.77. The molecule has 3 nitrogen and oxygen atoms in total. The van der Waals surface area contributed by atoms with Gasteiger partial charge in [0.25, 0.3) is 0 Å². The van der Waals surface area contributed by atoms with E-state index in [2.05, 4.69) is 27.3 Å². The summed E-state index contributed by atoms with van der Waals surface area (Å²) in [6.07, 6.45) is 0.283. The van der Waals surface area contributed by atoms with Crippen LogP contribution in [-0.2, 0) is 11.2 Å². The number of hydrogen-bond donors (Lipinski definition) is 1. The molecule has 0 heterocycles. The molecule has 0 aromatic heterocycles. The smallest absolute Gasteiger partial charge is 0.228 e. The van der Waals surface area contributed by atoms with Crippen LogP contribution in [0.5, 0.6) is 0 Å². The standard InChI is InChI=1S/C17H15BrN2O/c1-11-7-12(2)17(15(18)8-11)20-16(21)9-13-3-5-14(10-19)6-4-13/h3-8H,9H2,1-2H3,(H,20,21). The number of rotatable bonds is 3. The van der Waals surface area contributed by atoms with Gasteiger partial charge in [-0.1, -0.05) is 18.2 Å². The van der Waals surface area contributed by atoms with E-state index in [9.17, 15) is 4.79 Å². The van der Waals surface area contributed by atoms with Crippen LogP contribution in [0.1, 0.15) is 22.3 Å². The predicted octanol–water partition coefficient (Wildman–Crippen LogP) is 4.12. The van der Waals surface area contributed by atoms with E-state index in [4.69, 9.17) is 5.26 Å². The molecule has 0 aliphatic carbocycles. The fraction of sp³-hybridized carbons (Fsp3) is 0.176. The van der Waals surface area contributed by atoms with E-state index in [1.165, 1.54) is 0 Å². The third-order valence-electron chi connectivity index (χ3n) is 3.14. The molecule has 0 fully saturated rings. The fourth-order valence-electron chi connectivity index (χ4n) is 2.14. The van der Waals surface area contributed by atoms with Crippen LogP contribution in [0.4, 0.5) is 5.69 Å². The molecule has 1 N–H and O–H groups in total. The number of nitrogens with zero attached hydrogens (tertiary/aromatic N) is 1. The summed E-state index contributed by atoms with van der Waals surface area (Å²) < 4.78 is 0.883. The topological polar surface area (TPSA) is 52.9 Å². The zero-order chi connectivity index (χ0) is 15.4. The Balaban J connectivity index is 2.10. The molecule has 0 unspecified atom stereocenters. The summed E-state index contributed by atoms with van der Waals surface area (Å²) in [7, 11) is 0. The summed E-state index contributed by atoms with van der Waals surface area (Å²) >= 11 is 3.48. The first-order valence-electron chi connectivity index (χ1n) is 6.55. The monoisotopic (exact) mass is 342 g/mol. The Labute approximate surface area is 132 Å². The Morgan fingerprint density at radius 1 is 1.24 bits per heavy atom. The van der Waals surface area contributed by atoms with Gasteiger partial charge in [-0.3, -0.25) is 4.79 Å². The van der Waals surface area contributed by atoms with E-state index in [-0.39, 0.29) is 12.3 Å². The largest absolute Gasteiger partial charge is 0.325 e. The average Bonchev–Trinajstić information content (AvgIpc) is 2.43. The maximum Gasteiger partial charge on any atom is 0.228 e. The second-order valence-electron chi connectivity index (χ2n) is 4.97. The fourth-order valence-corrected chi connectivity index (χ4v) is 2.91. The molecular formula is C17H15BrN2O. The number of amides is 1. The predicted molar refractivity (Wildman–Crippen MR) is 87.1 cm³/mol. The minimum absolute atomic E-state index is 0.0765. The molecule has 106 valence electrons. The van der Waals surface area contributed by atoms with Crippen molar-refractivity contribution >= 4 is 27.5 Å². The van der Waals surface area contributed by atoms with Gasteiger partial charge in [0.15, 0.2) is 0 Å². The number of carbonyl (C=O) groups excluding carboxylic acids is 1. The molecule has 0 saturated heterocycles. The van der Waals surface area contributed by atoms with Gasteiger partial charge in [-0.05, 0) is 64.7 Å². The van der Waals surface area contributed by atoms with Crippen LogP contribution in [-0.4, -0.2) is 5.91 Å². The summed E-state index contributed by atoms with van der Waals surface area (Å²) in [5, 5.41) is 11.7. The molecule has 0 bridgehead atoms. The molecule has 0 saturated carbocycles. The summed E-state index contributed by atoms with van der Waals surface area (Å²) in [6, 6.07) is 13.1. The van der Waals surface area contributed by atoms with Crippen molar-refractivity contribution in [1.82, 2.24) is 0 Å². The summed E-state index contributed by atoms with van der Waals surface area (Å²) in [5.41, 5.74) is 4.45. The van der Waals surface area contributed by atoms with Gasteiger partial charge in [-0.25, -0.2) is 0 Å². The van der Waals surface area contributed by atoms with Gasteiger partial charge in [-0.2, -0.15) is 5.26 Å². The SMILES string of the molecule is Cc1cc(C)c(NC(=O)Cc2ccc(C#N)cc2)c(Br)c1. The third kappa shape index (κ3) is 3.93. The van der Waals surface area contributed by atoms with E-state index in [0.29, 0.717) is 5.56 Å². The van der Waals surface area contributed by atoms with Gasteiger partial charge in [-0.15, -0.1) is 0 Å². The van der Waals surface area contributed by atoms with E-state index >= 15 is 0 Å². The highest BCUT2D eigenvalue weighted by molar-refractivity contribution is 9.10. The minimum atomic E-state index is -0.0765. The minimum Gasteiger partial charge on any atom is -0.325 e. The van der Waals surface area contributed by atoms with Crippen molar-refractivity contribution in [3.8, 4) is 6.07 Å². The first-order chi connectivity index (χ1) is 9.99. The number of aryl methyl sites for hydroxylation is 2. The zero-order valence-electron chi connectivity index (χ0n) is 11.9. The van der Waals surface area contributed by atoms with E-state index < -0.39 is 0 Å². The number of carbonyl (C=O) groups is 1. The summed E-state index contributed by atoms with van der Waals surface area (Å²) in [5.74, 6) is -0.0765. The quantitative estimate of drug-likeness (QED) is 0.911. The van der Waals surface area contributed by atoms with Crippen molar-refractivity contribution in [3.05, 3.63) is 63.1 Å². The lowest BCUT2D eigenvalue weighted by molar-refractivity contribution is -0.115. The molecule has 2 aromatic carbocycles. The number of nitrogens with one attached hydrogen (secondary N) is 1. The Morgan fingerprint density at radius 2 is 1.90 bits per heavy atom. The van der Waals surface area contributed by atoms with Gasteiger partial charge in [0.1, 0.15) is 0 Å². The molecule has 0 spiro atoms. The lowest BCUT2D eigenvalue weighted by Crippen LogP contribution is -2.15. The van der Waals surface area contributed by atoms with Crippen molar-refractivity contribution in [1.29, 1.82) is 5.26 Å². The molecule has 4 heteroatoms. The Hall–Kier alpha value is -2.12. The van der Waals surface area contributed by atoms with Crippen molar-refractivity contribution in [2.75, 3.05) is 5.32 Å². The number of nitriles is 1. The Bertz CT molecular complexity index is 692. The normalized spacial score (nSPS) is 10.0.